The van der Waals surface area contributed by atoms with Gasteiger partial charge in [0.05, 0.1) is 12.0 Å². The number of aromatic amines is 1. The van der Waals surface area contributed by atoms with Gasteiger partial charge in [-0.25, -0.2) is 4.98 Å². The second-order valence-corrected chi connectivity index (χ2v) is 4.66. The van der Waals surface area contributed by atoms with E-state index in [4.69, 9.17) is 5.11 Å². The van der Waals surface area contributed by atoms with Crippen LogP contribution in [0, 0.1) is 5.92 Å². The zero-order valence-corrected chi connectivity index (χ0v) is 9.89. The number of nitrogens with one attached hydrogen (secondary N) is 2. The number of carboxylic acids is 1. The maximum atomic E-state index is 11.0. The average molecular weight is 238 g/mol. The second kappa shape index (κ2) is 5.27. The predicted molar refractivity (Wildman–Crippen MR) is 61.3 cm³/mol. The van der Waals surface area contributed by atoms with Crippen molar-refractivity contribution in [1.29, 1.82) is 0 Å². The van der Waals surface area contributed by atoms with Crippen molar-refractivity contribution in [3.05, 3.63) is 12.2 Å². The van der Waals surface area contributed by atoms with E-state index in [2.05, 4.69) is 20.5 Å². The van der Waals surface area contributed by atoms with Crippen LogP contribution in [-0.2, 0) is 4.79 Å². The second-order valence-electron chi connectivity index (χ2n) is 4.66. The molecule has 1 aliphatic rings. The maximum absolute atomic E-state index is 11.0. The monoisotopic (exact) mass is 238 g/mol. The van der Waals surface area contributed by atoms with Gasteiger partial charge in [0.2, 0.25) is 0 Å². The van der Waals surface area contributed by atoms with Crippen LogP contribution in [0.4, 0.5) is 0 Å². The Balaban J connectivity index is 1.88. The number of hydrogen-bond donors (Lipinski definition) is 3. The third-order valence-corrected chi connectivity index (χ3v) is 3.35. The molecule has 6 heteroatoms. The summed E-state index contributed by atoms with van der Waals surface area (Å²) in [5, 5.41) is 19.1. The average Bonchev–Trinajstić information content (AvgIpc) is 2.82. The van der Waals surface area contributed by atoms with Crippen LogP contribution in [0.1, 0.15) is 44.5 Å². The van der Waals surface area contributed by atoms with E-state index in [1.807, 2.05) is 6.92 Å². The minimum atomic E-state index is -0.677. The molecule has 1 aliphatic carbocycles. The molecule has 94 valence electrons. The predicted octanol–water partition coefficient (Wildman–Crippen LogP) is 1.10. The minimum absolute atomic E-state index is 0.0787. The van der Waals surface area contributed by atoms with Crippen molar-refractivity contribution in [1.82, 2.24) is 20.5 Å². The largest absolute Gasteiger partial charge is 0.481 e. The summed E-state index contributed by atoms with van der Waals surface area (Å²) < 4.78 is 0. The number of nitrogens with zero attached hydrogens (tertiary/aromatic N) is 2. The third kappa shape index (κ3) is 3.03. The Labute approximate surface area is 99.8 Å². The van der Waals surface area contributed by atoms with E-state index in [9.17, 15) is 4.79 Å². The Morgan fingerprint density at radius 1 is 1.65 bits per heavy atom. The Hall–Kier alpha value is -1.43. The van der Waals surface area contributed by atoms with Gasteiger partial charge in [-0.1, -0.05) is 6.42 Å². The Morgan fingerprint density at radius 2 is 2.47 bits per heavy atom. The lowest BCUT2D eigenvalue weighted by atomic mass is 9.85. The lowest BCUT2D eigenvalue weighted by molar-refractivity contribution is -0.143. The molecular weight excluding hydrogens is 220 g/mol. The lowest BCUT2D eigenvalue weighted by Gasteiger charge is -2.29. The summed E-state index contributed by atoms with van der Waals surface area (Å²) in [7, 11) is 0. The van der Waals surface area contributed by atoms with Gasteiger partial charge >= 0.3 is 5.97 Å². The van der Waals surface area contributed by atoms with Crippen LogP contribution >= 0.6 is 0 Å². The first-order valence-corrected chi connectivity index (χ1v) is 6.01. The van der Waals surface area contributed by atoms with Crippen molar-refractivity contribution in [2.24, 2.45) is 5.92 Å². The number of H-pyrrole nitrogens is 1. The van der Waals surface area contributed by atoms with Gasteiger partial charge in [0.25, 0.3) is 0 Å². The molecule has 17 heavy (non-hydrogen) atoms. The molecule has 0 radical (unpaired) electrons. The molecule has 0 saturated heterocycles. The molecule has 0 amide bonds. The zero-order valence-electron chi connectivity index (χ0n) is 9.89. The van der Waals surface area contributed by atoms with Crippen LogP contribution < -0.4 is 5.32 Å². The molecule has 3 unspecified atom stereocenters. The smallest absolute Gasteiger partial charge is 0.306 e. The van der Waals surface area contributed by atoms with E-state index in [0.717, 1.165) is 25.1 Å². The standard InChI is InChI=1S/C11H18N4O2/c1-7(10-12-6-13-15-10)14-9-4-2-3-8(5-9)11(16)17/h6-9,14H,2-5H2,1H3,(H,16,17)(H,12,13,15). The van der Waals surface area contributed by atoms with Gasteiger partial charge in [-0.2, -0.15) is 5.10 Å². The van der Waals surface area contributed by atoms with Gasteiger partial charge in [-0.15, -0.1) is 0 Å². The molecule has 1 saturated carbocycles. The van der Waals surface area contributed by atoms with Crippen molar-refractivity contribution < 1.29 is 9.90 Å². The Kier molecular flexibility index (Phi) is 3.73. The molecule has 0 aliphatic heterocycles. The van der Waals surface area contributed by atoms with Crippen LogP contribution in [0.15, 0.2) is 6.33 Å². The molecule has 0 spiro atoms. The number of carbonyl (C=O) groups is 1. The van der Waals surface area contributed by atoms with Crippen LogP contribution in [0.3, 0.4) is 0 Å². The van der Waals surface area contributed by atoms with Gasteiger partial charge in [0.1, 0.15) is 12.2 Å². The van der Waals surface area contributed by atoms with Crippen molar-refractivity contribution in [2.45, 2.75) is 44.7 Å². The van der Waals surface area contributed by atoms with Crippen molar-refractivity contribution in [3.8, 4) is 0 Å². The van der Waals surface area contributed by atoms with Gasteiger partial charge in [0, 0.05) is 6.04 Å². The fourth-order valence-corrected chi connectivity index (χ4v) is 2.42. The van der Waals surface area contributed by atoms with Crippen LogP contribution in [0.5, 0.6) is 0 Å². The lowest BCUT2D eigenvalue weighted by Crippen LogP contribution is -2.38. The van der Waals surface area contributed by atoms with E-state index in [0.29, 0.717) is 6.42 Å². The van der Waals surface area contributed by atoms with Crippen LogP contribution in [0.2, 0.25) is 0 Å². The first kappa shape index (κ1) is 12.0. The fourth-order valence-electron chi connectivity index (χ4n) is 2.42. The van der Waals surface area contributed by atoms with E-state index in [1.54, 1.807) is 0 Å². The SMILES string of the molecule is CC(NC1CCCC(C(=O)O)C1)c1ncn[nH]1. The molecule has 3 N–H and O–H groups in total. The quantitative estimate of drug-likeness (QED) is 0.730. The molecular formula is C11H18N4O2. The number of aliphatic carboxylic acids is 1. The molecule has 1 aromatic rings. The molecule has 2 rings (SSSR count). The van der Waals surface area contributed by atoms with Gasteiger partial charge in [0.15, 0.2) is 0 Å². The highest BCUT2D eigenvalue weighted by molar-refractivity contribution is 5.70. The normalized spacial score (nSPS) is 26.6. The number of rotatable bonds is 4. The van der Waals surface area contributed by atoms with Crippen molar-refractivity contribution in [3.63, 3.8) is 0 Å². The summed E-state index contributed by atoms with van der Waals surface area (Å²) in [6.07, 6.45) is 4.98. The zero-order chi connectivity index (χ0) is 12.3. The molecule has 0 aromatic carbocycles. The van der Waals surface area contributed by atoms with E-state index in [-0.39, 0.29) is 18.0 Å². The molecule has 1 heterocycles. The molecule has 0 bridgehead atoms. The maximum Gasteiger partial charge on any atom is 0.306 e. The van der Waals surface area contributed by atoms with Gasteiger partial charge in [-0.05, 0) is 26.2 Å². The number of aromatic nitrogens is 3. The summed E-state index contributed by atoms with van der Waals surface area (Å²) in [5.74, 6) is -0.0885. The van der Waals surface area contributed by atoms with Crippen molar-refractivity contribution >= 4 is 5.97 Å². The summed E-state index contributed by atoms with van der Waals surface area (Å²) in [4.78, 5) is 15.0. The summed E-state index contributed by atoms with van der Waals surface area (Å²) in [5.41, 5.74) is 0. The van der Waals surface area contributed by atoms with Gasteiger partial charge in [-0.3, -0.25) is 9.89 Å². The minimum Gasteiger partial charge on any atom is -0.481 e. The molecule has 3 atom stereocenters. The third-order valence-electron chi connectivity index (χ3n) is 3.35. The Bertz CT molecular complexity index is 366. The highest BCUT2D eigenvalue weighted by Gasteiger charge is 2.27. The summed E-state index contributed by atoms with van der Waals surface area (Å²) in [6, 6.07) is 0.333. The fraction of sp³-hybridized carbons (Fsp3) is 0.727. The summed E-state index contributed by atoms with van der Waals surface area (Å²) in [6.45, 7) is 2.00. The van der Waals surface area contributed by atoms with E-state index >= 15 is 0 Å². The van der Waals surface area contributed by atoms with Crippen LogP contribution in [-0.4, -0.2) is 32.3 Å². The molecule has 6 nitrogen and oxygen atoms in total. The number of carboxylic acid groups (broad SMARTS) is 1. The first-order valence-electron chi connectivity index (χ1n) is 6.01. The molecule has 1 aromatic heterocycles. The molecule has 1 fully saturated rings. The van der Waals surface area contributed by atoms with E-state index < -0.39 is 5.97 Å². The topological polar surface area (TPSA) is 90.9 Å². The summed E-state index contributed by atoms with van der Waals surface area (Å²) >= 11 is 0. The first-order chi connectivity index (χ1) is 8.16. The highest BCUT2D eigenvalue weighted by Crippen LogP contribution is 2.25. The number of hydrogen-bond acceptors (Lipinski definition) is 4. The van der Waals surface area contributed by atoms with E-state index in [1.165, 1.54) is 6.33 Å². The highest BCUT2D eigenvalue weighted by atomic mass is 16.4. The van der Waals surface area contributed by atoms with Crippen molar-refractivity contribution in [2.75, 3.05) is 0 Å². The Morgan fingerprint density at radius 3 is 3.12 bits per heavy atom. The van der Waals surface area contributed by atoms with Gasteiger partial charge < -0.3 is 10.4 Å². The van der Waals surface area contributed by atoms with Crippen LogP contribution in [0.25, 0.3) is 0 Å².